The molecule has 0 saturated heterocycles. The number of aromatic nitrogens is 1. The Labute approximate surface area is 319 Å². The molecule has 10 rings (SSSR count). The highest BCUT2D eigenvalue weighted by Crippen LogP contribution is 2.47. The Hall–Kier alpha value is -7.30. The molecule has 1 aliphatic heterocycles. The van der Waals surface area contributed by atoms with Crippen LogP contribution in [0.25, 0.3) is 72.0 Å². The maximum atomic E-state index is 15.3. The number of imide groups is 1. The van der Waals surface area contributed by atoms with Crippen molar-refractivity contribution in [3.63, 3.8) is 0 Å². The van der Waals surface area contributed by atoms with Gasteiger partial charge in [-0.15, -0.1) is 0 Å². The molecule has 260 valence electrons. The van der Waals surface area contributed by atoms with Gasteiger partial charge in [0.25, 0.3) is 11.8 Å². The van der Waals surface area contributed by atoms with Crippen molar-refractivity contribution in [2.45, 2.75) is 6.92 Å². The van der Waals surface area contributed by atoms with Gasteiger partial charge in [-0.2, -0.15) is 0 Å². The summed E-state index contributed by atoms with van der Waals surface area (Å²) in [6.45, 7) is 2.09. The summed E-state index contributed by atoms with van der Waals surface area (Å²) in [6.07, 6.45) is 0. The van der Waals surface area contributed by atoms with Gasteiger partial charge in [0.1, 0.15) is 0 Å². The van der Waals surface area contributed by atoms with Crippen molar-refractivity contribution in [3.05, 3.63) is 205 Å². The second-order valence-corrected chi connectivity index (χ2v) is 14.1. The van der Waals surface area contributed by atoms with Crippen molar-refractivity contribution in [3.8, 4) is 50.2 Å². The molecule has 0 N–H and O–H groups in total. The van der Waals surface area contributed by atoms with Crippen molar-refractivity contribution in [1.29, 1.82) is 0 Å². The lowest BCUT2D eigenvalue weighted by molar-refractivity contribution is 0.0926. The number of rotatable bonds is 6. The van der Waals surface area contributed by atoms with Crippen LogP contribution in [0, 0.1) is 6.92 Å². The Morgan fingerprint density at radius 1 is 0.382 bits per heavy atom. The smallest absolute Gasteiger partial charge is 0.268 e. The van der Waals surface area contributed by atoms with E-state index in [0.29, 0.717) is 22.5 Å². The Balaban J connectivity index is 1.20. The molecule has 0 spiro atoms. The molecule has 8 aromatic carbocycles. The van der Waals surface area contributed by atoms with E-state index in [2.05, 4.69) is 90.4 Å². The molecular formula is C51H34N2O2. The van der Waals surface area contributed by atoms with Crippen LogP contribution in [0.5, 0.6) is 0 Å². The third kappa shape index (κ3) is 5.30. The van der Waals surface area contributed by atoms with Crippen molar-refractivity contribution in [2.75, 3.05) is 4.90 Å². The fraction of sp³-hybridized carbons (Fsp3) is 0.0196. The molecule has 0 radical (unpaired) electrons. The van der Waals surface area contributed by atoms with Gasteiger partial charge in [0.2, 0.25) is 0 Å². The highest BCUT2D eigenvalue weighted by atomic mass is 16.2. The maximum Gasteiger partial charge on any atom is 0.268 e. The van der Waals surface area contributed by atoms with E-state index in [9.17, 15) is 4.79 Å². The summed E-state index contributed by atoms with van der Waals surface area (Å²) >= 11 is 0. The normalized spacial score (nSPS) is 12.5. The van der Waals surface area contributed by atoms with E-state index in [0.717, 1.165) is 66.3 Å². The fourth-order valence-corrected chi connectivity index (χ4v) is 8.16. The second-order valence-electron chi connectivity index (χ2n) is 14.1. The van der Waals surface area contributed by atoms with Crippen LogP contribution in [0.15, 0.2) is 188 Å². The number of carbonyl (C=O) groups is 2. The number of hydrogen-bond donors (Lipinski definition) is 0. The Bertz CT molecular complexity index is 2890. The molecule has 1 aliphatic rings. The zero-order chi connectivity index (χ0) is 37.0. The van der Waals surface area contributed by atoms with E-state index < -0.39 is 0 Å². The molecule has 4 heteroatoms. The highest BCUT2D eigenvalue weighted by molar-refractivity contribution is 6.37. The van der Waals surface area contributed by atoms with Crippen molar-refractivity contribution >= 4 is 39.3 Å². The fourth-order valence-electron chi connectivity index (χ4n) is 8.16. The molecular weight excluding hydrogens is 673 g/mol. The molecule has 2 amide bonds. The molecule has 0 atom stereocenters. The monoisotopic (exact) mass is 706 g/mol. The van der Waals surface area contributed by atoms with Crippen LogP contribution in [0.2, 0.25) is 0 Å². The van der Waals surface area contributed by atoms with Crippen molar-refractivity contribution < 1.29 is 9.59 Å². The molecule has 0 aliphatic carbocycles. The van der Waals surface area contributed by atoms with Gasteiger partial charge >= 0.3 is 0 Å². The van der Waals surface area contributed by atoms with Crippen LogP contribution >= 0.6 is 0 Å². The lowest BCUT2D eigenvalue weighted by Gasteiger charge is -2.24. The van der Waals surface area contributed by atoms with Crippen LogP contribution in [-0.4, -0.2) is 16.4 Å². The largest absolute Gasteiger partial charge is 0.308 e. The van der Waals surface area contributed by atoms with Crippen LogP contribution in [0.4, 0.5) is 5.69 Å². The first-order chi connectivity index (χ1) is 27.0. The first-order valence-corrected chi connectivity index (χ1v) is 18.5. The molecule has 1 aromatic heterocycles. The summed E-state index contributed by atoms with van der Waals surface area (Å²) in [6, 6.07) is 63.5. The van der Waals surface area contributed by atoms with Gasteiger partial charge in [0.05, 0.1) is 33.5 Å². The summed E-state index contributed by atoms with van der Waals surface area (Å²) < 4.78 is 2.14. The summed E-state index contributed by atoms with van der Waals surface area (Å²) in [7, 11) is 0. The predicted molar refractivity (Wildman–Crippen MR) is 225 cm³/mol. The number of aryl methyl sites for hydroxylation is 1. The average Bonchev–Trinajstić information content (AvgIpc) is 3.71. The molecule has 4 nitrogen and oxygen atoms in total. The summed E-state index contributed by atoms with van der Waals surface area (Å²) in [4.78, 5) is 31.6. The van der Waals surface area contributed by atoms with Crippen LogP contribution in [-0.2, 0) is 0 Å². The molecule has 0 unspecified atom stereocenters. The minimum atomic E-state index is -0.348. The first-order valence-electron chi connectivity index (χ1n) is 18.5. The zero-order valence-electron chi connectivity index (χ0n) is 30.1. The molecule has 55 heavy (non-hydrogen) atoms. The van der Waals surface area contributed by atoms with Crippen LogP contribution < -0.4 is 4.90 Å². The van der Waals surface area contributed by atoms with Gasteiger partial charge in [0, 0.05) is 21.9 Å². The summed E-state index contributed by atoms with van der Waals surface area (Å²) in [5, 5.41) is 2.15. The third-order valence-corrected chi connectivity index (χ3v) is 10.8. The number of benzene rings is 8. The van der Waals surface area contributed by atoms with Gasteiger partial charge in [-0.1, -0.05) is 151 Å². The summed E-state index contributed by atoms with van der Waals surface area (Å²) in [5.41, 5.74) is 12.9. The molecule has 0 bridgehead atoms. The predicted octanol–water partition coefficient (Wildman–Crippen LogP) is 12.6. The van der Waals surface area contributed by atoms with Crippen molar-refractivity contribution in [2.24, 2.45) is 0 Å². The molecule has 0 fully saturated rings. The first kappa shape index (κ1) is 32.4. The van der Waals surface area contributed by atoms with Gasteiger partial charge in [-0.25, -0.2) is 4.90 Å². The molecule has 0 saturated carbocycles. The summed E-state index contributed by atoms with van der Waals surface area (Å²) in [5.74, 6) is -0.689. The van der Waals surface area contributed by atoms with E-state index in [1.165, 1.54) is 10.5 Å². The number of para-hydroxylation sites is 1. The minimum Gasteiger partial charge on any atom is -0.308 e. The average molecular weight is 707 g/mol. The Morgan fingerprint density at radius 2 is 0.927 bits per heavy atom. The number of carbonyl (C=O) groups excluding carboxylic acids is 2. The number of fused-ring (bicyclic) bond motifs is 4. The number of amides is 2. The lowest BCUT2D eigenvalue weighted by Crippen LogP contribution is -2.30. The van der Waals surface area contributed by atoms with E-state index in [1.807, 2.05) is 103 Å². The maximum absolute atomic E-state index is 15.3. The standard InChI is InChI=1S/C51H34N2O2/c1-33-24-26-35(27-25-33)38-28-29-46-44(30-38)40-20-11-12-22-45(40)52(46)47-23-13-21-41-48(47)51(55)53(50(41)54)49-42(36-16-7-3-8-17-36)31-39(34-14-5-2-6-15-34)32-43(49)37-18-9-4-10-19-37/h2-32H,1H3. The number of anilines is 1. The quantitative estimate of drug-likeness (QED) is 0.162. The second kappa shape index (κ2) is 13.0. The topological polar surface area (TPSA) is 42.3 Å². The molecule has 9 aromatic rings. The van der Waals surface area contributed by atoms with Gasteiger partial charge < -0.3 is 4.57 Å². The Kier molecular flexibility index (Phi) is 7.63. The lowest BCUT2D eigenvalue weighted by atomic mass is 9.90. The third-order valence-electron chi connectivity index (χ3n) is 10.8. The zero-order valence-corrected chi connectivity index (χ0v) is 30.1. The van der Waals surface area contributed by atoms with Gasteiger partial charge in [-0.3, -0.25) is 9.59 Å². The van der Waals surface area contributed by atoms with E-state index >= 15 is 4.79 Å². The van der Waals surface area contributed by atoms with Gasteiger partial charge in [-0.05, 0) is 82.8 Å². The molecule has 2 heterocycles. The number of hydrogen-bond acceptors (Lipinski definition) is 2. The Morgan fingerprint density at radius 3 is 1.58 bits per heavy atom. The van der Waals surface area contributed by atoms with E-state index in [-0.39, 0.29) is 11.8 Å². The highest BCUT2D eigenvalue weighted by Gasteiger charge is 2.41. The minimum absolute atomic E-state index is 0.342. The van der Waals surface area contributed by atoms with Crippen molar-refractivity contribution in [1.82, 2.24) is 4.57 Å². The van der Waals surface area contributed by atoms with Gasteiger partial charge in [0.15, 0.2) is 0 Å². The van der Waals surface area contributed by atoms with Crippen LogP contribution in [0.3, 0.4) is 0 Å². The van der Waals surface area contributed by atoms with E-state index in [1.54, 1.807) is 6.07 Å². The number of nitrogens with zero attached hydrogens (tertiary/aromatic N) is 2. The van der Waals surface area contributed by atoms with E-state index in [4.69, 9.17) is 0 Å². The SMILES string of the molecule is Cc1ccc(-c2ccc3c(c2)c2ccccc2n3-c2cccc3c2C(=O)N(c2c(-c4ccccc4)cc(-c4ccccc4)cc2-c2ccccc2)C3=O)cc1. The van der Waals surface area contributed by atoms with Crippen LogP contribution in [0.1, 0.15) is 26.3 Å².